The number of hydrogen-bond acceptors (Lipinski definition) is 3. The van der Waals surface area contributed by atoms with Crippen molar-refractivity contribution in [2.24, 2.45) is 7.05 Å². The molecule has 0 aliphatic carbocycles. The van der Waals surface area contributed by atoms with Gasteiger partial charge in [0.1, 0.15) is 30.8 Å². The number of nitrogens with zero attached hydrogens (tertiary/aromatic N) is 2. The van der Waals surface area contributed by atoms with Gasteiger partial charge in [0.15, 0.2) is 11.0 Å². The third kappa shape index (κ3) is 3.21. The van der Waals surface area contributed by atoms with Crippen LogP contribution in [-0.2, 0) is 13.6 Å². The molecule has 0 amide bonds. The summed E-state index contributed by atoms with van der Waals surface area (Å²) in [4.78, 5) is 0. The van der Waals surface area contributed by atoms with E-state index in [-0.39, 0.29) is 6.61 Å². The van der Waals surface area contributed by atoms with Crippen LogP contribution in [0.15, 0.2) is 48.5 Å². The number of aliphatic hydroxyl groups is 1. The van der Waals surface area contributed by atoms with Gasteiger partial charge >= 0.3 is 0 Å². The topological polar surface area (TPSA) is 47.5 Å². The minimum atomic E-state index is -0.606. The van der Waals surface area contributed by atoms with E-state index >= 15 is 0 Å². The largest absolute Gasteiger partial charge is 0.497 e. The molecule has 1 unspecified atom stereocenters. The van der Waals surface area contributed by atoms with Gasteiger partial charge in [0.2, 0.25) is 0 Å². The van der Waals surface area contributed by atoms with Crippen LogP contribution in [0.1, 0.15) is 5.82 Å². The molecule has 0 bridgehead atoms. The summed E-state index contributed by atoms with van der Waals surface area (Å²) in [5.74, 6) is 2.52. The van der Waals surface area contributed by atoms with E-state index in [4.69, 9.17) is 9.47 Å². The molecule has 1 aromatic heterocycles. The van der Waals surface area contributed by atoms with Crippen LogP contribution in [0, 0.1) is 6.92 Å². The summed E-state index contributed by atoms with van der Waals surface area (Å²) >= 11 is 0. The molecule has 2 aromatic carbocycles. The molecule has 0 saturated carbocycles. The Kier molecular flexibility index (Phi) is 4.71. The summed E-state index contributed by atoms with van der Waals surface area (Å²) in [5, 5.41) is 10.4. The summed E-state index contributed by atoms with van der Waals surface area (Å²) in [6.45, 7) is 2.76. The predicted molar refractivity (Wildman–Crippen MR) is 92.3 cm³/mol. The standard InChI is InChI=1S/C19H23N2O3/c1-14-20(2)18-9-4-5-10-19(18)21(14)12-15(22)13-24-17-8-6-7-16(11-17)23-3/h4-11,15,22H,12-13H2,1-3H3/q+1. The number of fused-ring (bicyclic) bond motifs is 1. The van der Waals surface area contributed by atoms with E-state index in [0.717, 1.165) is 22.6 Å². The molecule has 0 saturated heterocycles. The first-order chi connectivity index (χ1) is 11.6. The molecule has 3 aromatic rings. The van der Waals surface area contributed by atoms with Crippen molar-refractivity contribution >= 4 is 11.0 Å². The lowest BCUT2D eigenvalue weighted by Crippen LogP contribution is -2.32. The van der Waals surface area contributed by atoms with Crippen molar-refractivity contribution < 1.29 is 19.1 Å². The van der Waals surface area contributed by atoms with Gasteiger partial charge in [-0.25, -0.2) is 9.13 Å². The highest BCUT2D eigenvalue weighted by atomic mass is 16.5. The molecule has 24 heavy (non-hydrogen) atoms. The molecule has 0 radical (unpaired) electrons. The number of benzene rings is 2. The van der Waals surface area contributed by atoms with Crippen molar-refractivity contribution in [1.82, 2.24) is 4.57 Å². The molecule has 3 rings (SSSR count). The number of aryl methyl sites for hydroxylation is 1. The molecular weight excluding hydrogens is 304 g/mol. The number of imidazole rings is 1. The minimum Gasteiger partial charge on any atom is -0.497 e. The van der Waals surface area contributed by atoms with Crippen LogP contribution >= 0.6 is 0 Å². The normalized spacial score (nSPS) is 12.3. The Morgan fingerprint density at radius 3 is 2.67 bits per heavy atom. The van der Waals surface area contributed by atoms with Gasteiger partial charge < -0.3 is 14.6 Å². The summed E-state index contributed by atoms with van der Waals surface area (Å²) in [6.07, 6.45) is -0.606. The Hall–Kier alpha value is -2.53. The second-order valence-electron chi connectivity index (χ2n) is 5.85. The van der Waals surface area contributed by atoms with Crippen molar-refractivity contribution in [3.05, 3.63) is 54.4 Å². The fourth-order valence-electron chi connectivity index (χ4n) is 2.88. The SMILES string of the molecule is COc1cccc(OCC(O)Cn2c(C)[n+](C)c3ccccc32)c1. The van der Waals surface area contributed by atoms with Crippen molar-refractivity contribution in [2.75, 3.05) is 13.7 Å². The van der Waals surface area contributed by atoms with Crippen molar-refractivity contribution in [2.45, 2.75) is 19.6 Å². The highest BCUT2D eigenvalue weighted by Gasteiger charge is 2.21. The fraction of sp³-hybridized carbons (Fsp3) is 0.316. The highest BCUT2D eigenvalue weighted by Crippen LogP contribution is 2.19. The van der Waals surface area contributed by atoms with Crippen molar-refractivity contribution in [3.8, 4) is 11.5 Å². The van der Waals surface area contributed by atoms with Gasteiger partial charge in [0.25, 0.3) is 5.82 Å². The van der Waals surface area contributed by atoms with E-state index in [2.05, 4.69) is 28.2 Å². The molecule has 1 N–H and O–H groups in total. The molecule has 0 spiro atoms. The molecule has 1 heterocycles. The van der Waals surface area contributed by atoms with Gasteiger partial charge in [-0.3, -0.25) is 0 Å². The average Bonchev–Trinajstić information content (AvgIpc) is 2.85. The second-order valence-corrected chi connectivity index (χ2v) is 5.85. The predicted octanol–water partition coefficient (Wildman–Crippen LogP) is 2.22. The van der Waals surface area contributed by atoms with Gasteiger partial charge in [-0.15, -0.1) is 0 Å². The first-order valence-corrected chi connectivity index (χ1v) is 7.99. The van der Waals surface area contributed by atoms with E-state index in [1.165, 1.54) is 0 Å². The first-order valence-electron chi connectivity index (χ1n) is 7.99. The summed E-state index contributed by atoms with van der Waals surface area (Å²) in [5.41, 5.74) is 2.26. The van der Waals surface area contributed by atoms with Crippen LogP contribution in [0.3, 0.4) is 0 Å². The number of rotatable bonds is 6. The molecule has 5 nitrogen and oxygen atoms in total. The Balaban J connectivity index is 1.71. The number of methoxy groups -OCH3 is 1. The molecular formula is C19H23N2O3+. The summed E-state index contributed by atoms with van der Waals surface area (Å²) in [6, 6.07) is 15.6. The Bertz CT molecular complexity index is 842. The maximum Gasteiger partial charge on any atom is 0.254 e. The molecule has 0 fully saturated rings. The molecule has 0 aliphatic heterocycles. The third-order valence-electron chi connectivity index (χ3n) is 4.29. The maximum absolute atomic E-state index is 10.4. The lowest BCUT2D eigenvalue weighted by Gasteiger charge is -2.12. The van der Waals surface area contributed by atoms with E-state index < -0.39 is 6.10 Å². The smallest absolute Gasteiger partial charge is 0.254 e. The summed E-state index contributed by atoms with van der Waals surface area (Å²) < 4.78 is 15.1. The monoisotopic (exact) mass is 327 g/mol. The Morgan fingerprint density at radius 2 is 1.88 bits per heavy atom. The van der Waals surface area contributed by atoms with Gasteiger partial charge in [-0.2, -0.15) is 0 Å². The quantitative estimate of drug-likeness (QED) is 0.706. The van der Waals surface area contributed by atoms with E-state index in [1.807, 2.05) is 43.4 Å². The zero-order valence-electron chi connectivity index (χ0n) is 14.3. The van der Waals surface area contributed by atoms with Crippen LogP contribution < -0.4 is 14.0 Å². The van der Waals surface area contributed by atoms with Gasteiger partial charge in [-0.05, 0) is 24.3 Å². The van der Waals surface area contributed by atoms with Crippen LogP contribution in [0.4, 0.5) is 0 Å². The highest BCUT2D eigenvalue weighted by molar-refractivity contribution is 5.72. The Morgan fingerprint density at radius 1 is 1.12 bits per heavy atom. The van der Waals surface area contributed by atoms with Gasteiger partial charge in [-0.1, -0.05) is 18.2 Å². The number of para-hydroxylation sites is 2. The molecule has 0 aliphatic rings. The Labute approximate surface area is 141 Å². The van der Waals surface area contributed by atoms with Crippen molar-refractivity contribution in [3.63, 3.8) is 0 Å². The molecule has 126 valence electrons. The molecule has 5 heteroatoms. The van der Waals surface area contributed by atoms with E-state index in [1.54, 1.807) is 7.11 Å². The van der Waals surface area contributed by atoms with Crippen LogP contribution in [0.5, 0.6) is 11.5 Å². The van der Waals surface area contributed by atoms with E-state index in [0.29, 0.717) is 12.3 Å². The third-order valence-corrected chi connectivity index (χ3v) is 4.29. The lowest BCUT2D eigenvalue weighted by molar-refractivity contribution is -0.652. The van der Waals surface area contributed by atoms with Crippen LogP contribution in [0.2, 0.25) is 0 Å². The fourth-order valence-corrected chi connectivity index (χ4v) is 2.88. The number of aliphatic hydroxyl groups excluding tert-OH is 1. The minimum absolute atomic E-state index is 0.225. The van der Waals surface area contributed by atoms with Gasteiger partial charge in [0, 0.05) is 13.0 Å². The number of hydrogen-bond donors (Lipinski definition) is 1. The van der Waals surface area contributed by atoms with E-state index in [9.17, 15) is 5.11 Å². The van der Waals surface area contributed by atoms with Gasteiger partial charge in [0.05, 0.1) is 14.2 Å². The lowest BCUT2D eigenvalue weighted by atomic mass is 10.3. The number of ether oxygens (including phenoxy) is 2. The first kappa shape index (κ1) is 16.3. The zero-order chi connectivity index (χ0) is 17.1. The number of aromatic nitrogens is 2. The average molecular weight is 327 g/mol. The zero-order valence-corrected chi connectivity index (χ0v) is 14.3. The molecule has 1 atom stereocenters. The van der Waals surface area contributed by atoms with Crippen LogP contribution in [-0.4, -0.2) is 29.5 Å². The van der Waals surface area contributed by atoms with Crippen LogP contribution in [0.25, 0.3) is 11.0 Å². The maximum atomic E-state index is 10.4. The summed E-state index contributed by atoms with van der Waals surface area (Å²) in [7, 11) is 3.65. The second kappa shape index (κ2) is 6.93. The van der Waals surface area contributed by atoms with Crippen molar-refractivity contribution in [1.29, 1.82) is 0 Å².